The van der Waals surface area contributed by atoms with E-state index in [-0.39, 0.29) is 24.4 Å². The number of amides is 2. The van der Waals surface area contributed by atoms with Crippen LogP contribution < -0.4 is 9.47 Å². The zero-order valence-electron chi connectivity index (χ0n) is 15.3. The minimum Gasteiger partial charge on any atom is -0.493 e. The topological polar surface area (TPSA) is 72.0 Å². The van der Waals surface area contributed by atoms with E-state index in [1.165, 1.54) is 6.20 Å². The fourth-order valence-corrected chi connectivity index (χ4v) is 3.88. The van der Waals surface area contributed by atoms with Gasteiger partial charge in [-0.3, -0.25) is 14.6 Å². The smallest absolute Gasteiger partial charge is 0.255 e. The van der Waals surface area contributed by atoms with Crippen LogP contribution >= 0.6 is 0 Å². The molecule has 0 saturated carbocycles. The number of carbonyl (C=O) groups excluding carboxylic acids is 2. The number of rotatable bonds is 3. The molecule has 2 aliphatic rings. The van der Waals surface area contributed by atoms with E-state index in [9.17, 15) is 9.59 Å². The molecule has 2 aromatic rings. The van der Waals surface area contributed by atoms with Gasteiger partial charge in [0.2, 0.25) is 5.91 Å². The SMILES string of the molecule is COc1cc2c(cc1OC)[C@H]1CN(C(=O)c3cccnc3)CC(=O)N1CC2. The summed E-state index contributed by atoms with van der Waals surface area (Å²) in [6.07, 6.45) is 3.91. The highest BCUT2D eigenvalue weighted by molar-refractivity contribution is 5.97. The van der Waals surface area contributed by atoms with E-state index < -0.39 is 0 Å². The van der Waals surface area contributed by atoms with Crippen LogP contribution in [0.3, 0.4) is 0 Å². The molecule has 2 amide bonds. The summed E-state index contributed by atoms with van der Waals surface area (Å²) in [5, 5.41) is 0. The van der Waals surface area contributed by atoms with Crippen LogP contribution in [0.25, 0.3) is 0 Å². The van der Waals surface area contributed by atoms with Crippen molar-refractivity contribution in [1.29, 1.82) is 0 Å². The van der Waals surface area contributed by atoms with Crippen molar-refractivity contribution in [2.24, 2.45) is 0 Å². The summed E-state index contributed by atoms with van der Waals surface area (Å²) < 4.78 is 10.8. The molecule has 1 aromatic heterocycles. The first-order valence-electron chi connectivity index (χ1n) is 8.86. The molecule has 27 heavy (non-hydrogen) atoms. The van der Waals surface area contributed by atoms with Gasteiger partial charge in [-0.1, -0.05) is 0 Å². The monoisotopic (exact) mass is 367 g/mol. The Hall–Kier alpha value is -3.09. The summed E-state index contributed by atoms with van der Waals surface area (Å²) >= 11 is 0. The van der Waals surface area contributed by atoms with E-state index in [1.54, 1.807) is 37.4 Å². The van der Waals surface area contributed by atoms with Gasteiger partial charge in [0.15, 0.2) is 11.5 Å². The molecular formula is C20H21N3O4. The number of hydrogen-bond donors (Lipinski definition) is 0. The first-order valence-corrected chi connectivity index (χ1v) is 8.86. The van der Waals surface area contributed by atoms with Gasteiger partial charge in [-0.15, -0.1) is 0 Å². The standard InChI is InChI=1S/C20H21N3O4/c1-26-17-8-13-5-7-23-16(15(13)9-18(17)27-2)11-22(12-19(23)24)20(25)14-4-3-6-21-10-14/h3-4,6,8-10,16H,5,7,11-12H2,1-2H3/t16-/m1/s1. The molecule has 0 aliphatic carbocycles. The fourth-order valence-electron chi connectivity index (χ4n) is 3.88. The molecule has 0 N–H and O–H groups in total. The number of pyridine rings is 1. The number of carbonyl (C=O) groups is 2. The molecule has 1 saturated heterocycles. The van der Waals surface area contributed by atoms with Crippen molar-refractivity contribution in [1.82, 2.24) is 14.8 Å². The molecule has 4 rings (SSSR count). The second kappa shape index (κ2) is 6.90. The lowest BCUT2D eigenvalue weighted by atomic mass is 9.90. The van der Waals surface area contributed by atoms with Gasteiger partial charge in [0.1, 0.15) is 6.54 Å². The van der Waals surface area contributed by atoms with Gasteiger partial charge in [-0.05, 0) is 41.8 Å². The van der Waals surface area contributed by atoms with E-state index in [0.29, 0.717) is 30.2 Å². The molecule has 7 nitrogen and oxygen atoms in total. The van der Waals surface area contributed by atoms with E-state index in [0.717, 1.165) is 17.5 Å². The Balaban J connectivity index is 1.68. The largest absolute Gasteiger partial charge is 0.493 e. The molecule has 1 atom stereocenters. The third kappa shape index (κ3) is 2.99. The van der Waals surface area contributed by atoms with Crippen molar-refractivity contribution in [2.75, 3.05) is 33.9 Å². The second-order valence-corrected chi connectivity index (χ2v) is 6.69. The van der Waals surface area contributed by atoms with Crippen LogP contribution in [0.2, 0.25) is 0 Å². The molecule has 0 spiro atoms. The Bertz CT molecular complexity index is 884. The molecule has 3 heterocycles. The van der Waals surface area contributed by atoms with Crippen LogP contribution in [0.15, 0.2) is 36.7 Å². The van der Waals surface area contributed by atoms with Crippen molar-refractivity contribution < 1.29 is 19.1 Å². The Kier molecular flexibility index (Phi) is 4.43. The first kappa shape index (κ1) is 17.3. The van der Waals surface area contributed by atoms with Crippen LogP contribution in [0, 0.1) is 0 Å². The Morgan fingerprint density at radius 3 is 2.70 bits per heavy atom. The molecule has 0 bridgehead atoms. The third-order valence-electron chi connectivity index (χ3n) is 5.24. The second-order valence-electron chi connectivity index (χ2n) is 6.69. The highest BCUT2D eigenvalue weighted by Gasteiger charge is 2.39. The lowest BCUT2D eigenvalue weighted by Gasteiger charge is -2.44. The van der Waals surface area contributed by atoms with E-state index in [1.807, 2.05) is 17.0 Å². The summed E-state index contributed by atoms with van der Waals surface area (Å²) in [5.41, 5.74) is 2.62. The van der Waals surface area contributed by atoms with Crippen LogP contribution in [-0.4, -0.2) is 60.5 Å². The number of hydrogen-bond acceptors (Lipinski definition) is 5. The highest BCUT2D eigenvalue weighted by Crippen LogP contribution is 2.39. The molecular weight excluding hydrogens is 346 g/mol. The maximum absolute atomic E-state index is 12.8. The average molecular weight is 367 g/mol. The van der Waals surface area contributed by atoms with Gasteiger partial charge < -0.3 is 19.3 Å². The number of aromatic nitrogens is 1. The van der Waals surface area contributed by atoms with E-state index in [2.05, 4.69) is 4.98 Å². The van der Waals surface area contributed by atoms with Gasteiger partial charge in [-0.2, -0.15) is 0 Å². The van der Waals surface area contributed by atoms with E-state index in [4.69, 9.17) is 9.47 Å². The minimum absolute atomic E-state index is 0.0380. The number of benzene rings is 1. The molecule has 7 heteroatoms. The summed E-state index contributed by atoms with van der Waals surface area (Å²) in [4.78, 5) is 33.0. The van der Waals surface area contributed by atoms with Gasteiger partial charge in [-0.25, -0.2) is 0 Å². The molecule has 0 unspecified atom stereocenters. The maximum atomic E-state index is 12.8. The predicted octanol–water partition coefficient (Wildman–Crippen LogP) is 1.68. The third-order valence-corrected chi connectivity index (χ3v) is 5.24. The van der Waals surface area contributed by atoms with Gasteiger partial charge in [0, 0.05) is 25.5 Å². The zero-order valence-corrected chi connectivity index (χ0v) is 15.3. The van der Waals surface area contributed by atoms with Gasteiger partial charge in [0.25, 0.3) is 5.91 Å². The van der Waals surface area contributed by atoms with Crippen molar-refractivity contribution in [3.63, 3.8) is 0 Å². The van der Waals surface area contributed by atoms with Gasteiger partial charge >= 0.3 is 0 Å². The number of fused-ring (bicyclic) bond motifs is 3. The Morgan fingerprint density at radius 2 is 2.00 bits per heavy atom. The zero-order chi connectivity index (χ0) is 19.0. The lowest BCUT2D eigenvalue weighted by Crippen LogP contribution is -2.55. The average Bonchev–Trinajstić information content (AvgIpc) is 2.72. The fraction of sp³-hybridized carbons (Fsp3) is 0.350. The summed E-state index contributed by atoms with van der Waals surface area (Å²) in [6.45, 7) is 1.18. The molecule has 0 radical (unpaired) electrons. The molecule has 1 fully saturated rings. The summed E-state index contributed by atoms with van der Waals surface area (Å²) in [5.74, 6) is 1.09. The summed E-state index contributed by atoms with van der Waals surface area (Å²) in [6, 6.07) is 7.15. The Labute approximate surface area is 157 Å². The van der Waals surface area contributed by atoms with Crippen molar-refractivity contribution in [2.45, 2.75) is 12.5 Å². The van der Waals surface area contributed by atoms with Gasteiger partial charge in [0.05, 0.1) is 25.8 Å². The quantitative estimate of drug-likeness (QED) is 0.825. The molecule has 140 valence electrons. The Morgan fingerprint density at radius 1 is 1.22 bits per heavy atom. The maximum Gasteiger partial charge on any atom is 0.255 e. The highest BCUT2D eigenvalue weighted by atomic mass is 16.5. The van der Waals surface area contributed by atoms with Crippen LogP contribution in [0.1, 0.15) is 27.5 Å². The van der Waals surface area contributed by atoms with Crippen molar-refractivity contribution in [3.8, 4) is 11.5 Å². The minimum atomic E-state index is -0.185. The normalized spacial score (nSPS) is 18.6. The number of nitrogens with zero attached hydrogens (tertiary/aromatic N) is 3. The van der Waals surface area contributed by atoms with Crippen LogP contribution in [0.5, 0.6) is 11.5 Å². The summed E-state index contributed by atoms with van der Waals surface area (Å²) in [7, 11) is 3.20. The van der Waals surface area contributed by atoms with Crippen molar-refractivity contribution >= 4 is 11.8 Å². The van der Waals surface area contributed by atoms with Crippen LogP contribution in [0.4, 0.5) is 0 Å². The first-order chi connectivity index (χ1) is 13.1. The number of methoxy groups -OCH3 is 2. The molecule has 2 aliphatic heterocycles. The lowest BCUT2D eigenvalue weighted by molar-refractivity contribution is -0.139. The number of piperazine rings is 1. The predicted molar refractivity (Wildman–Crippen MR) is 97.8 cm³/mol. The van der Waals surface area contributed by atoms with Crippen LogP contribution in [-0.2, 0) is 11.2 Å². The van der Waals surface area contributed by atoms with Crippen molar-refractivity contribution in [3.05, 3.63) is 53.3 Å². The molecule has 1 aromatic carbocycles. The van der Waals surface area contributed by atoms with E-state index >= 15 is 0 Å². The number of ether oxygens (including phenoxy) is 2.